The van der Waals surface area contributed by atoms with Gasteiger partial charge in [0.15, 0.2) is 5.76 Å². The number of hydrogen-bond donors (Lipinski definition) is 1. The Labute approximate surface area is 195 Å². The van der Waals surface area contributed by atoms with Crippen molar-refractivity contribution in [3.05, 3.63) is 24.2 Å². The van der Waals surface area contributed by atoms with Crippen LogP contribution in [0.4, 0.5) is 0 Å². The number of aliphatic hydroxyl groups is 1. The summed E-state index contributed by atoms with van der Waals surface area (Å²) in [5, 5.41) is 12.1. The Morgan fingerprint density at radius 2 is 1.97 bits per heavy atom. The number of carbonyl (C=O) groups is 2. The molecular formula is C25H36N2O6. The predicted molar refractivity (Wildman–Crippen MR) is 119 cm³/mol. The molecule has 33 heavy (non-hydrogen) atoms. The first kappa shape index (κ1) is 22.9. The summed E-state index contributed by atoms with van der Waals surface area (Å²) in [6, 6.07) is 3.40. The zero-order chi connectivity index (χ0) is 23.4. The third-order valence-corrected chi connectivity index (χ3v) is 9.30. The van der Waals surface area contributed by atoms with Crippen LogP contribution >= 0.6 is 0 Å². The van der Waals surface area contributed by atoms with E-state index < -0.39 is 11.2 Å². The highest BCUT2D eigenvalue weighted by atomic mass is 16.6. The molecule has 3 heterocycles. The van der Waals surface area contributed by atoms with E-state index in [1.165, 1.54) is 6.26 Å². The monoisotopic (exact) mass is 460 g/mol. The van der Waals surface area contributed by atoms with Crippen LogP contribution in [0.1, 0.15) is 56.5 Å². The van der Waals surface area contributed by atoms with Gasteiger partial charge in [-0.3, -0.25) is 14.5 Å². The lowest BCUT2D eigenvalue weighted by Crippen LogP contribution is -2.69. The van der Waals surface area contributed by atoms with Crippen LogP contribution in [-0.4, -0.2) is 83.9 Å². The summed E-state index contributed by atoms with van der Waals surface area (Å²) >= 11 is 0. The van der Waals surface area contributed by atoms with Crippen molar-refractivity contribution in [2.45, 2.75) is 63.3 Å². The minimum Gasteiger partial charge on any atom is -0.462 e. The van der Waals surface area contributed by atoms with E-state index in [2.05, 4.69) is 11.8 Å². The average molecular weight is 461 g/mol. The van der Waals surface area contributed by atoms with Gasteiger partial charge in [-0.1, -0.05) is 6.92 Å². The van der Waals surface area contributed by atoms with E-state index in [0.29, 0.717) is 51.3 Å². The van der Waals surface area contributed by atoms with Gasteiger partial charge in [0.05, 0.1) is 23.4 Å². The Kier molecular flexibility index (Phi) is 5.61. The van der Waals surface area contributed by atoms with Crippen molar-refractivity contribution >= 4 is 11.9 Å². The molecule has 182 valence electrons. The second-order valence-corrected chi connectivity index (χ2v) is 10.9. The first-order valence-corrected chi connectivity index (χ1v) is 12.2. The van der Waals surface area contributed by atoms with Gasteiger partial charge in [-0.05, 0) is 51.2 Å². The summed E-state index contributed by atoms with van der Waals surface area (Å²) < 4.78 is 17.0. The number of rotatable bonds is 4. The van der Waals surface area contributed by atoms with Crippen molar-refractivity contribution in [2.24, 2.45) is 17.3 Å². The number of nitrogens with zero attached hydrogens (tertiary/aromatic N) is 2. The van der Waals surface area contributed by atoms with E-state index >= 15 is 0 Å². The molecule has 2 aliphatic carbocycles. The second-order valence-electron chi connectivity index (χ2n) is 10.9. The van der Waals surface area contributed by atoms with E-state index in [9.17, 15) is 14.7 Å². The molecule has 2 aliphatic heterocycles. The van der Waals surface area contributed by atoms with Crippen LogP contribution in [0.2, 0.25) is 0 Å². The van der Waals surface area contributed by atoms with Crippen molar-refractivity contribution < 1.29 is 28.6 Å². The largest absolute Gasteiger partial charge is 0.462 e. The van der Waals surface area contributed by atoms with Gasteiger partial charge in [0.25, 0.3) is 5.91 Å². The Bertz CT molecular complexity index is 897. The molecule has 6 atom stereocenters. The number of furan rings is 1. The lowest BCUT2D eigenvalue weighted by molar-refractivity contribution is -0.270. The Balaban J connectivity index is 1.27. The van der Waals surface area contributed by atoms with Crippen LogP contribution in [0.3, 0.4) is 0 Å². The highest BCUT2D eigenvalue weighted by Crippen LogP contribution is 2.61. The zero-order valence-electron chi connectivity index (χ0n) is 19.9. The molecule has 0 aromatic carbocycles. The molecular weight excluding hydrogens is 424 g/mol. The molecule has 4 fully saturated rings. The minimum atomic E-state index is -0.992. The Morgan fingerprint density at radius 1 is 1.21 bits per heavy atom. The van der Waals surface area contributed by atoms with Crippen molar-refractivity contribution in [2.75, 3.05) is 39.8 Å². The summed E-state index contributed by atoms with van der Waals surface area (Å²) in [5.74, 6) is -0.170. The molecule has 2 saturated heterocycles. The van der Waals surface area contributed by atoms with Crippen LogP contribution in [0.15, 0.2) is 22.8 Å². The van der Waals surface area contributed by atoms with Crippen LogP contribution < -0.4 is 0 Å². The molecule has 8 nitrogen and oxygen atoms in total. The highest BCUT2D eigenvalue weighted by Gasteiger charge is 2.67. The second kappa shape index (κ2) is 8.10. The van der Waals surface area contributed by atoms with E-state index in [1.807, 2.05) is 6.92 Å². The molecule has 0 radical (unpaired) electrons. The maximum Gasteiger partial charge on any atom is 0.310 e. The fourth-order valence-corrected chi connectivity index (χ4v) is 7.06. The summed E-state index contributed by atoms with van der Waals surface area (Å²) in [5.41, 5.74) is -1.95. The van der Waals surface area contributed by atoms with Crippen molar-refractivity contribution in [3.8, 4) is 0 Å². The number of esters is 1. The molecule has 0 unspecified atom stereocenters. The number of ether oxygens (including phenoxy) is 2. The smallest absolute Gasteiger partial charge is 0.310 e. The van der Waals surface area contributed by atoms with E-state index in [1.54, 1.807) is 24.1 Å². The average Bonchev–Trinajstić information content (AvgIpc) is 3.42. The fourth-order valence-electron chi connectivity index (χ4n) is 7.06. The molecule has 0 spiro atoms. The molecule has 1 N–H and O–H groups in total. The molecule has 8 heteroatoms. The highest BCUT2D eigenvalue weighted by molar-refractivity contribution is 5.91. The third kappa shape index (κ3) is 3.53. The van der Waals surface area contributed by atoms with E-state index in [4.69, 9.17) is 13.9 Å². The van der Waals surface area contributed by atoms with Gasteiger partial charge in [0.1, 0.15) is 6.10 Å². The van der Waals surface area contributed by atoms with Crippen molar-refractivity contribution in [1.82, 2.24) is 9.80 Å². The van der Waals surface area contributed by atoms with Crippen molar-refractivity contribution in [3.63, 3.8) is 0 Å². The predicted octanol–water partition coefficient (Wildman–Crippen LogP) is 2.32. The number of fused-ring (bicyclic) bond motifs is 2. The van der Waals surface area contributed by atoms with Gasteiger partial charge in [0, 0.05) is 51.2 Å². The fraction of sp³-hybridized carbons (Fsp3) is 0.760. The van der Waals surface area contributed by atoms with Crippen molar-refractivity contribution in [1.29, 1.82) is 0 Å². The minimum absolute atomic E-state index is 0.0223. The van der Waals surface area contributed by atoms with Gasteiger partial charge < -0.3 is 23.9 Å². The first-order chi connectivity index (χ1) is 15.7. The number of hydrogen-bond acceptors (Lipinski definition) is 7. The van der Waals surface area contributed by atoms with Crippen LogP contribution in [0.25, 0.3) is 0 Å². The maximum atomic E-state index is 12.9. The van der Waals surface area contributed by atoms with Gasteiger partial charge in [-0.2, -0.15) is 0 Å². The molecule has 1 aromatic rings. The molecule has 2 saturated carbocycles. The number of amides is 1. The quantitative estimate of drug-likeness (QED) is 0.690. The molecule has 1 aromatic heterocycles. The summed E-state index contributed by atoms with van der Waals surface area (Å²) in [6.45, 7) is 7.34. The number of carbonyl (C=O) groups excluding carboxylic acids is 2. The first-order valence-electron chi connectivity index (χ1n) is 12.2. The molecule has 5 rings (SSSR count). The topological polar surface area (TPSA) is 92.5 Å². The lowest BCUT2D eigenvalue weighted by atomic mass is 9.49. The van der Waals surface area contributed by atoms with Crippen LogP contribution in [0.5, 0.6) is 0 Å². The van der Waals surface area contributed by atoms with E-state index in [0.717, 1.165) is 19.3 Å². The van der Waals surface area contributed by atoms with Crippen LogP contribution in [-0.2, 0) is 14.3 Å². The van der Waals surface area contributed by atoms with Gasteiger partial charge in [-0.25, -0.2) is 0 Å². The Morgan fingerprint density at radius 3 is 2.64 bits per heavy atom. The Hall–Kier alpha value is -1.90. The molecule has 0 bridgehead atoms. The standard InChI is InChI=1S/C25H36N2O6/c1-23-7-5-8-24(2,31-3)25(23,30)14-17-18(22(29)33-20(17)15-23)16-26-9-11-27(12-10-26)21(28)19-6-4-13-32-19/h4,6,13,17-18,20,30H,5,7-12,14-16H2,1-3H3/t17-,18+,20+,23+,24+,25-/m0/s1. The lowest BCUT2D eigenvalue weighted by Gasteiger charge is -2.62. The van der Waals surface area contributed by atoms with Gasteiger partial charge in [-0.15, -0.1) is 0 Å². The normalized spacial score (nSPS) is 41.4. The summed E-state index contributed by atoms with van der Waals surface area (Å²) in [6.07, 6.45) is 5.30. The van der Waals surface area contributed by atoms with Gasteiger partial charge in [0.2, 0.25) is 0 Å². The summed E-state index contributed by atoms with van der Waals surface area (Å²) in [7, 11) is 1.69. The number of methoxy groups -OCH3 is 1. The maximum absolute atomic E-state index is 12.9. The zero-order valence-corrected chi connectivity index (χ0v) is 19.9. The SMILES string of the molecule is CO[C@]1(C)CCC[C@]2(C)C[C@H]3OC(=O)[C@H](CN4CCN(C(=O)c5ccco5)CC4)[C@@H]3C[C@]21O. The summed E-state index contributed by atoms with van der Waals surface area (Å²) in [4.78, 5) is 29.5. The number of piperazine rings is 1. The van der Waals surface area contributed by atoms with Crippen LogP contribution in [0, 0.1) is 17.3 Å². The molecule has 1 amide bonds. The van der Waals surface area contributed by atoms with Gasteiger partial charge >= 0.3 is 5.97 Å². The third-order valence-electron chi connectivity index (χ3n) is 9.30. The molecule has 4 aliphatic rings. The van der Waals surface area contributed by atoms with E-state index in [-0.39, 0.29) is 35.2 Å².